The zero-order chi connectivity index (χ0) is 15.8. The Kier molecular flexibility index (Phi) is 4.87. The molecular weight excluding hydrogens is 328 g/mol. The van der Waals surface area contributed by atoms with E-state index in [0.717, 1.165) is 44.3 Å². The summed E-state index contributed by atoms with van der Waals surface area (Å²) in [6, 6.07) is 7.67. The smallest absolute Gasteiger partial charge is 0.253 e. The third-order valence-electron chi connectivity index (χ3n) is 4.56. The second kappa shape index (κ2) is 6.91. The number of rotatable bonds is 3. The maximum Gasteiger partial charge on any atom is 0.253 e. The quantitative estimate of drug-likeness (QED) is 0.921. The third kappa shape index (κ3) is 3.44. The van der Waals surface area contributed by atoms with Crippen LogP contribution in [0.2, 0.25) is 0 Å². The van der Waals surface area contributed by atoms with Crippen molar-refractivity contribution in [3.63, 3.8) is 0 Å². The Hall–Kier alpha value is -1.92. The van der Waals surface area contributed by atoms with Crippen LogP contribution in [0.4, 0.5) is 0 Å². The standard InChI is InChI=1S/C17H20N4O2.ClH/c18-14-6-8-21(9-7-14)17(22)13-3-1-2-12(10-13)15-19-16(23-20-15)11-4-5-11;/h1-3,10-11,14H,4-9,18H2;1H. The molecular formula is C17H21ClN4O2. The van der Waals surface area contributed by atoms with Gasteiger partial charge in [-0.05, 0) is 37.8 Å². The van der Waals surface area contributed by atoms with E-state index in [1.54, 1.807) is 0 Å². The summed E-state index contributed by atoms with van der Waals surface area (Å²) in [5.74, 6) is 1.74. The molecule has 1 aromatic heterocycles. The van der Waals surface area contributed by atoms with Gasteiger partial charge in [-0.1, -0.05) is 17.3 Å². The van der Waals surface area contributed by atoms with Crippen molar-refractivity contribution in [3.8, 4) is 11.4 Å². The molecule has 4 rings (SSSR count). The lowest BCUT2D eigenvalue weighted by molar-refractivity contribution is 0.0715. The van der Waals surface area contributed by atoms with Crippen LogP contribution in [0.15, 0.2) is 28.8 Å². The molecule has 0 bridgehead atoms. The minimum atomic E-state index is 0. The van der Waals surface area contributed by atoms with Gasteiger partial charge in [0.2, 0.25) is 11.7 Å². The van der Waals surface area contributed by atoms with E-state index in [2.05, 4.69) is 10.1 Å². The summed E-state index contributed by atoms with van der Waals surface area (Å²) in [7, 11) is 0. The molecule has 1 aliphatic heterocycles. The minimum absolute atomic E-state index is 0. The number of hydrogen-bond donors (Lipinski definition) is 1. The average Bonchev–Trinajstić information content (AvgIpc) is 3.32. The lowest BCUT2D eigenvalue weighted by Crippen LogP contribution is -2.42. The van der Waals surface area contributed by atoms with Crippen LogP contribution in [-0.4, -0.2) is 40.1 Å². The normalized spacial score (nSPS) is 18.3. The van der Waals surface area contributed by atoms with Crippen LogP contribution in [-0.2, 0) is 0 Å². The van der Waals surface area contributed by atoms with Crippen molar-refractivity contribution < 1.29 is 9.32 Å². The van der Waals surface area contributed by atoms with Crippen molar-refractivity contribution >= 4 is 18.3 Å². The van der Waals surface area contributed by atoms with Crippen molar-refractivity contribution in [2.24, 2.45) is 5.73 Å². The van der Waals surface area contributed by atoms with E-state index in [0.29, 0.717) is 23.2 Å². The summed E-state index contributed by atoms with van der Waals surface area (Å²) in [4.78, 5) is 18.9. The monoisotopic (exact) mass is 348 g/mol. The molecule has 6 nitrogen and oxygen atoms in total. The molecule has 7 heteroatoms. The Bertz CT molecular complexity index is 721. The van der Waals surface area contributed by atoms with Gasteiger partial charge in [-0.3, -0.25) is 4.79 Å². The molecule has 0 radical (unpaired) electrons. The molecule has 0 spiro atoms. The number of amides is 1. The number of halogens is 1. The molecule has 1 saturated carbocycles. The van der Waals surface area contributed by atoms with Gasteiger partial charge in [-0.15, -0.1) is 12.4 Å². The molecule has 2 heterocycles. The second-order valence-corrected chi connectivity index (χ2v) is 6.44. The van der Waals surface area contributed by atoms with E-state index in [-0.39, 0.29) is 24.4 Å². The number of nitrogens with zero attached hydrogens (tertiary/aromatic N) is 3. The van der Waals surface area contributed by atoms with Crippen molar-refractivity contribution in [1.29, 1.82) is 0 Å². The largest absolute Gasteiger partial charge is 0.339 e. The van der Waals surface area contributed by atoms with Crippen LogP contribution in [0.3, 0.4) is 0 Å². The molecule has 0 unspecified atom stereocenters. The molecule has 2 aliphatic rings. The first-order valence-electron chi connectivity index (χ1n) is 8.19. The maximum atomic E-state index is 12.6. The highest BCUT2D eigenvalue weighted by Crippen LogP contribution is 2.39. The highest BCUT2D eigenvalue weighted by atomic mass is 35.5. The number of likely N-dealkylation sites (tertiary alicyclic amines) is 1. The van der Waals surface area contributed by atoms with Gasteiger partial charge >= 0.3 is 0 Å². The summed E-state index contributed by atoms with van der Waals surface area (Å²) < 4.78 is 5.30. The number of benzene rings is 1. The van der Waals surface area contributed by atoms with Crippen molar-refractivity contribution in [3.05, 3.63) is 35.7 Å². The Morgan fingerprint density at radius 2 is 1.96 bits per heavy atom. The molecule has 2 aromatic rings. The molecule has 128 valence electrons. The zero-order valence-corrected chi connectivity index (χ0v) is 14.2. The average molecular weight is 349 g/mol. The van der Waals surface area contributed by atoms with Crippen LogP contribution >= 0.6 is 12.4 Å². The van der Waals surface area contributed by atoms with Gasteiger partial charge < -0.3 is 15.2 Å². The minimum Gasteiger partial charge on any atom is -0.339 e. The lowest BCUT2D eigenvalue weighted by atomic mass is 10.0. The summed E-state index contributed by atoms with van der Waals surface area (Å²) in [6.07, 6.45) is 3.97. The number of carbonyl (C=O) groups excluding carboxylic acids is 1. The number of piperidine rings is 1. The SMILES string of the molecule is Cl.NC1CCN(C(=O)c2cccc(-c3noc(C4CC4)n3)c2)CC1. The summed E-state index contributed by atoms with van der Waals surface area (Å²) in [5.41, 5.74) is 7.39. The molecule has 24 heavy (non-hydrogen) atoms. The third-order valence-corrected chi connectivity index (χ3v) is 4.56. The Balaban J connectivity index is 0.00000169. The fraction of sp³-hybridized carbons (Fsp3) is 0.471. The van der Waals surface area contributed by atoms with E-state index >= 15 is 0 Å². The summed E-state index contributed by atoms with van der Waals surface area (Å²) >= 11 is 0. The van der Waals surface area contributed by atoms with Crippen molar-refractivity contribution in [1.82, 2.24) is 15.0 Å². The molecule has 1 amide bonds. The zero-order valence-electron chi connectivity index (χ0n) is 13.4. The Morgan fingerprint density at radius 3 is 2.67 bits per heavy atom. The van der Waals surface area contributed by atoms with E-state index in [9.17, 15) is 4.79 Å². The summed E-state index contributed by atoms with van der Waals surface area (Å²) in [5, 5.41) is 4.04. The fourth-order valence-corrected chi connectivity index (χ4v) is 2.93. The predicted molar refractivity (Wildman–Crippen MR) is 92.1 cm³/mol. The topological polar surface area (TPSA) is 85.2 Å². The molecule has 1 aromatic carbocycles. The highest BCUT2D eigenvalue weighted by molar-refractivity contribution is 5.95. The second-order valence-electron chi connectivity index (χ2n) is 6.44. The van der Waals surface area contributed by atoms with Gasteiger partial charge in [0.1, 0.15) is 0 Å². The van der Waals surface area contributed by atoms with Crippen LogP contribution < -0.4 is 5.73 Å². The highest BCUT2D eigenvalue weighted by Gasteiger charge is 2.30. The van der Waals surface area contributed by atoms with Crippen molar-refractivity contribution in [2.45, 2.75) is 37.6 Å². The molecule has 2 fully saturated rings. The Labute approximate surface area is 146 Å². The van der Waals surface area contributed by atoms with Gasteiger partial charge in [0, 0.05) is 36.2 Å². The van der Waals surface area contributed by atoms with E-state index in [1.165, 1.54) is 0 Å². The summed E-state index contributed by atoms with van der Waals surface area (Å²) in [6.45, 7) is 1.44. The molecule has 2 N–H and O–H groups in total. The molecule has 1 saturated heterocycles. The van der Waals surface area contributed by atoms with Gasteiger partial charge in [0.05, 0.1) is 0 Å². The van der Waals surface area contributed by atoms with Gasteiger partial charge in [-0.2, -0.15) is 4.98 Å². The first kappa shape index (κ1) is 16.9. The Morgan fingerprint density at radius 1 is 1.21 bits per heavy atom. The number of aromatic nitrogens is 2. The van der Waals surface area contributed by atoms with E-state index in [1.807, 2.05) is 29.2 Å². The molecule has 0 atom stereocenters. The predicted octanol–water partition coefficient (Wildman–Crippen LogP) is 2.60. The van der Waals surface area contributed by atoms with E-state index < -0.39 is 0 Å². The van der Waals surface area contributed by atoms with Gasteiger partial charge in [0.15, 0.2) is 0 Å². The van der Waals surface area contributed by atoms with Crippen LogP contribution in [0.1, 0.15) is 47.8 Å². The first-order valence-corrected chi connectivity index (χ1v) is 8.19. The van der Waals surface area contributed by atoms with Gasteiger partial charge in [-0.25, -0.2) is 0 Å². The fourth-order valence-electron chi connectivity index (χ4n) is 2.93. The van der Waals surface area contributed by atoms with Crippen LogP contribution in [0.25, 0.3) is 11.4 Å². The molecule has 1 aliphatic carbocycles. The van der Waals surface area contributed by atoms with Crippen LogP contribution in [0.5, 0.6) is 0 Å². The van der Waals surface area contributed by atoms with Gasteiger partial charge in [0.25, 0.3) is 5.91 Å². The van der Waals surface area contributed by atoms with E-state index in [4.69, 9.17) is 10.3 Å². The number of nitrogens with two attached hydrogens (primary N) is 1. The first-order chi connectivity index (χ1) is 11.2. The number of carbonyl (C=O) groups is 1. The maximum absolute atomic E-state index is 12.6. The van der Waals surface area contributed by atoms with Crippen molar-refractivity contribution in [2.75, 3.05) is 13.1 Å². The lowest BCUT2D eigenvalue weighted by Gasteiger charge is -2.30. The van der Waals surface area contributed by atoms with Crippen LogP contribution in [0, 0.1) is 0 Å². The number of hydrogen-bond acceptors (Lipinski definition) is 5.